The number of methoxy groups -OCH3 is 1. The van der Waals surface area contributed by atoms with Crippen molar-refractivity contribution in [3.05, 3.63) is 59.9 Å². The van der Waals surface area contributed by atoms with Gasteiger partial charge in [-0.2, -0.15) is 5.10 Å². The van der Waals surface area contributed by atoms with Gasteiger partial charge < -0.3 is 19.5 Å². The summed E-state index contributed by atoms with van der Waals surface area (Å²) in [6.45, 7) is 6.83. The summed E-state index contributed by atoms with van der Waals surface area (Å²) in [5, 5.41) is 7.25. The summed E-state index contributed by atoms with van der Waals surface area (Å²) in [5.41, 5.74) is 2.73. The molecule has 3 aromatic rings. The average molecular weight is 395 g/mol. The molecule has 7 nitrogen and oxygen atoms in total. The van der Waals surface area contributed by atoms with Gasteiger partial charge in [-0.05, 0) is 56.7 Å². The van der Waals surface area contributed by atoms with Crippen LogP contribution in [0.2, 0.25) is 0 Å². The maximum atomic E-state index is 12.7. The predicted octanol–water partition coefficient (Wildman–Crippen LogP) is 4.24. The van der Waals surface area contributed by atoms with Crippen LogP contribution in [0.3, 0.4) is 0 Å². The number of benzene rings is 2. The topological polar surface area (TPSA) is 74.6 Å². The SMILES string of the molecule is CCOc1ccc(NC(=O)c2ccn(-c3cc(C)ccc3OC)n2)cc1OCC. The van der Waals surface area contributed by atoms with Gasteiger partial charge in [0.25, 0.3) is 5.91 Å². The van der Waals surface area contributed by atoms with E-state index in [1.54, 1.807) is 42.3 Å². The van der Waals surface area contributed by atoms with Crippen molar-refractivity contribution >= 4 is 11.6 Å². The highest BCUT2D eigenvalue weighted by Crippen LogP contribution is 2.31. The fraction of sp³-hybridized carbons (Fsp3) is 0.273. The molecular weight excluding hydrogens is 370 g/mol. The van der Waals surface area contributed by atoms with Gasteiger partial charge in [-0.3, -0.25) is 4.79 Å². The van der Waals surface area contributed by atoms with Crippen molar-refractivity contribution in [1.82, 2.24) is 9.78 Å². The molecular formula is C22H25N3O4. The Labute approximate surface area is 170 Å². The number of ether oxygens (including phenoxy) is 3. The van der Waals surface area contributed by atoms with Gasteiger partial charge in [0.05, 0.1) is 20.3 Å². The number of hydrogen-bond acceptors (Lipinski definition) is 5. The second kappa shape index (κ2) is 9.14. The molecule has 0 atom stereocenters. The molecule has 0 unspecified atom stereocenters. The third-order valence-electron chi connectivity index (χ3n) is 4.20. The summed E-state index contributed by atoms with van der Waals surface area (Å²) in [6, 6.07) is 12.7. The fourth-order valence-electron chi connectivity index (χ4n) is 2.88. The van der Waals surface area contributed by atoms with E-state index in [2.05, 4.69) is 10.4 Å². The van der Waals surface area contributed by atoms with Crippen LogP contribution < -0.4 is 19.5 Å². The fourth-order valence-corrected chi connectivity index (χ4v) is 2.88. The van der Waals surface area contributed by atoms with Crippen LogP contribution >= 0.6 is 0 Å². The first-order valence-electron chi connectivity index (χ1n) is 9.47. The second-order valence-corrected chi connectivity index (χ2v) is 6.30. The molecule has 1 N–H and O–H groups in total. The summed E-state index contributed by atoms with van der Waals surface area (Å²) in [5.74, 6) is 1.59. The molecule has 0 aliphatic carbocycles. The van der Waals surface area contributed by atoms with Gasteiger partial charge in [0.15, 0.2) is 17.2 Å². The normalized spacial score (nSPS) is 10.5. The first-order valence-corrected chi connectivity index (χ1v) is 9.47. The first kappa shape index (κ1) is 20.3. The molecule has 29 heavy (non-hydrogen) atoms. The van der Waals surface area contributed by atoms with E-state index in [1.165, 1.54) is 0 Å². The van der Waals surface area contributed by atoms with Gasteiger partial charge in [-0.1, -0.05) is 6.07 Å². The maximum Gasteiger partial charge on any atom is 0.276 e. The lowest BCUT2D eigenvalue weighted by molar-refractivity contribution is 0.102. The van der Waals surface area contributed by atoms with Crippen molar-refractivity contribution in [3.8, 4) is 22.9 Å². The Morgan fingerprint density at radius 3 is 2.45 bits per heavy atom. The van der Waals surface area contributed by atoms with Crippen LogP contribution in [-0.4, -0.2) is 36.0 Å². The molecule has 0 saturated heterocycles. The van der Waals surface area contributed by atoms with Gasteiger partial charge in [0, 0.05) is 18.0 Å². The van der Waals surface area contributed by atoms with Gasteiger partial charge in [-0.15, -0.1) is 0 Å². The van der Waals surface area contributed by atoms with E-state index in [4.69, 9.17) is 14.2 Å². The van der Waals surface area contributed by atoms with Crippen LogP contribution in [0, 0.1) is 6.92 Å². The van der Waals surface area contributed by atoms with Crippen LogP contribution in [0.4, 0.5) is 5.69 Å². The number of carbonyl (C=O) groups excluding carboxylic acids is 1. The molecule has 1 heterocycles. The largest absolute Gasteiger partial charge is 0.494 e. The second-order valence-electron chi connectivity index (χ2n) is 6.30. The third-order valence-corrected chi connectivity index (χ3v) is 4.20. The van der Waals surface area contributed by atoms with Crippen LogP contribution in [0.1, 0.15) is 29.9 Å². The van der Waals surface area contributed by atoms with Crippen molar-refractivity contribution in [3.63, 3.8) is 0 Å². The summed E-state index contributed by atoms with van der Waals surface area (Å²) in [6.07, 6.45) is 1.73. The maximum absolute atomic E-state index is 12.7. The van der Waals surface area contributed by atoms with E-state index in [0.29, 0.717) is 41.8 Å². The Bertz CT molecular complexity index is 997. The smallest absolute Gasteiger partial charge is 0.276 e. The highest BCUT2D eigenvalue weighted by molar-refractivity contribution is 6.03. The van der Waals surface area contributed by atoms with Gasteiger partial charge in [-0.25, -0.2) is 4.68 Å². The number of anilines is 1. The molecule has 1 aromatic heterocycles. The van der Waals surface area contributed by atoms with E-state index < -0.39 is 0 Å². The molecule has 0 spiro atoms. The van der Waals surface area contributed by atoms with E-state index in [9.17, 15) is 4.79 Å². The highest BCUT2D eigenvalue weighted by Gasteiger charge is 2.14. The minimum atomic E-state index is -0.318. The van der Waals surface area contributed by atoms with Gasteiger partial charge in [0.2, 0.25) is 0 Å². The first-order chi connectivity index (χ1) is 14.0. The number of aryl methyl sites for hydroxylation is 1. The molecule has 152 valence electrons. The monoisotopic (exact) mass is 395 g/mol. The minimum absolute atomic E-state index is 0.292. The van der Waals surface area contributed by atoms with Gasteiger partial charge in [0.1, 0.15) is 11.4 Å². The molecule has 0 bridgehead atoms. The molecule has 1 amide bonds. The summed E-state index contributed by atoms with van der Waals surface area (Å²) in [7, 11) is 1.60. The van der Waals surface area contributed by atoms with Crippen molar-refractivity contribution < 1.29 is 19.0 Å². The Morgan fingerprint density at radius 2 is 1.72 bits per heavy atom. The lowest BCUT2D eigenvalue weighted by atomic mass is 10.2. The quantitative estimate of drug-likeness (QED) is 0.617. The zero-order valence-electron chi connectivity index (χ0n) is 17.1. The van der Waals surface area contributed by atoms with Crippen LogP contribution in [0.25, 0.3) is 5.69 Å². The predicted molar refractivity (Wildman–Crippen MR) is 112 cm³/mol. The van der Waals surface area contributed by atoms with E-state index in [-0.39, 0.29) is 5.91 Å². The Hall–Kier alpha value is -3.48. The number of nitrogens with zero attached hydrogens (tertiary/aromatic N) is 2. The molecule has 0 radical (unpaired) electrons. The van der Waals surface area contributed by atoms with Crippen molar-refractivity contribution in [1.29, 1.82) is 0 Å². The number of nitrogens with one attached hydrogen (secondary N) is 1. The van der Waals surface area contributed by atoms with E-state index >= 15 is 0 Å². The average Bonchev–Trinajstić information content (AvgIpc) is 3.20. The number of amides is 1. The van der Waals surface area contributed by atoms with E-state index in [0.717, 1.165) is 11.3 Å². The summed E-state index contributed by atoms with van der Waals surface area (Å²) < 4.78 is 18.2. The van der Waals surface area contributed by atoms with Crippen LogP contribution in [0.15, 0.2) is 48.7 Å². The molecule has 0 aliphatic rings. The number of carbonyl (C=O) groups is 1. The summed E-state index contributed by atoms with van der Waals surface area (Å²) >= 11 is 0. The zero-order valence-corrected chi connectivity index (χ0v) is 17.1. The Morgan fingerprint density at radius 1 is 1.00 bits per heavy atom. The standard InChI is InChI=1S/C22H25N3O4/c1-5-28-20-10-8-16(14-21(20)29-6-2)23-22(26)17-11-12-25(24-17)18-13-15(3)7-9-19(18)27-4/h7-14H,5-6H2,1-4H3,(H,23,26). The van der Waals surface area contributed by atoms with E-state index in [1.807, 2.05) is 39.0 Å². The molecule has 0 saturated carbocycles. The third kappa shape index (κ3) is 4.68. The number of aromatic nitrogens is 2. The molecule has 0 fully saturated rings. The number of rotatable bonds is 8. The highest BCUT2D eigenvalue weighted by atomic mass is 16.5. The molecule has 2 aromatic carbocycles. The lowest BCUT2D eigenvalue weighted by Crippen LogP contribution is -2.13. The van der Waals surface area contributed by atoms with Crippen molar-refractivity contribution in [2.24, 2.45) is 0 Å². The van der Waals surface area contributed by atoms with Gasteiger partial charge >= 0.3 is 0 Å². The Balaban J connectivity index is 1.81. The van der Waals surface area contributed by atoms with Crippen LogP contribution in [-0.2, 0) is 0 Å². The van der Waals surface area contributed by atoms with Crippen LogP contribution in [0.5, 0.6) is 17.2 Å². The summed E-state index contributed by atoms with van der Waals surface area (Å²) in [4.78, 5) is 12.7. The molecule has 0 aliphatic heterocycles. The number of hydrogen-bond donors (Lipinski definition) is 1. The molecule has 3 rings (SSSR count). The Kier molecular flexibility index (Phi) is 6.39. The lowest BCUT2D eigenvalue weighted by Gasteiger charge is -2.12. The zero-order chi connectivity index (χ0) is 20.8. The molecule has 7 heteroatoms. The van der Waals surface area contributed by atoms with Crippen molar-refractivity contribution in [2.45, 2.75) is 20.8 Å². The minimum Gasteiger partial charge on any atom is -0.494 e. The van der Waals surface area contributed by atoms with Crippen molar-refractivity contribution in [2.75, 3.05) is 25.6 Å².